The van der Waals surface area contributed by atoms with E-state index in [0.717, 1.165) is 54.5 Å². The van der Waals surface area contributed by atoms with Crippen molar-refractivity contribution < 1.29 is 4.39 Å². The third-order valence-corrected chi connectivity index (χ3v) is 5.33. The third-order valence-electron chi connectivity index (χ3n) is 5.33. The molecule has 1 fully saturated rings. The zero-order valence-corrected chi connectivity index (χ0v) is 20.4. The number of benzene rings is 2. The van der Waals surface area contributed by atoms with Crippen molar-refractivity contribution >= 4 is 47.1 Å². The van der Waals surface area contributed by atoms with Crippen LogP contribution in [0, 0.1) is 12.7 Å². The van der Waals surface area contributed by atoms with Crippen LogP contribution >= 0.6 is 24.0 Å². The Morgan fingerprint density at radius 1 is 1.03 bits per heavy atom. The number of guanidine groups is 1. The van der Waals surface area contributed by atoms with Crippen molar-refractivity contribution in [2.24, 2.45) is 10.7 Å². The van der Waals surface area contributed by atoms with Crippen LogP contribution in [0.25, 0.3) is 0 Å². The summed E-state index contributed by atoms with van der Waals surface area (Å²) in [5, 5.41) is 3.13. The molecule has 0 amide bonds. The number of aliphatic imine (C=N–C) groups is 1. The first-order valence-corrected chi connectivity index (χ1v) is 10.4. The Bertz CT molecular complexity index is 1050. The minimum Gasteiger partial charge on any atom is -0.370 e. The van der Waals surface area contributed by atoms with Crippen molar-refractivity contribution in [2.45, 2.75) is 13.5 Å². The van der Waals surface area contributed by atoms with Crippen molar-refractivity contribution in [2.75, 3.05) is 41.3 Å². The zero-order chi connectivity index (χ0) is 21.6. The number of nitrogens with zero attached hydrogens (tertiary/aromatic N) is 4. The second kappa shape index (κ2) is 11.1. The summed E-state index contributed by atoms with van der Waals surface area (Å²) >= 11 is 0. The Morgan fingerprint density at radius 2 is 1.75 bits per heavy atom. The van der Waals surface area contributed by atoms with Crippen LogP contribution in [0.4, 0.5) is 21.6 Å². The van der Waals surface area contributed by atoms with Gasteiger partial charge in [0, 0.05) is 43.8 Å². The molecule has 0 bridgehead atoms. The number of hydrogen-bond donors (Lipinski definition) is 2. The maximum Gasteiger partial charge on any atom is 0.193 e. The van der Waals surface area contributed by atoms with E-state index in [1.807, 2.05) is 55.6 Å². The Labute approximate surface area is 205 Å². The van der Waals surface area contributed by atoms with Crippen molar-refractivity contribution in [3.8, 4) is 0 Å². The van der Waals surface area contributed by atoms with E-state index < -0.39 is 0 Å². The van der Waals surface area contributed by atoms with E-state index in [1.165, 1.54) is 12.1 Å². The lowest BCUT2D eigenvalue weighted by Gasteiger charge is -2.36. The van der Waals surface area contributed by atoms with Crippen LogP contribution in [0.15, 0.2) is 71.9 Å². The first kappa shape index (κ1) is 23.8. The van der Waals surface area contributed by atoms with Gasteiger partial charge in [-0.15, -0.1) is 24.0 Å². The smallest absolute Gasteiger partial charge is 0.193 e. The SMILES string of the molecule is Cc1cccc(NC(N)=NCc2ccnc(N3CCN(c4ccc(F)cc4)CC3)c2)c1.I. The normalized spacial score (nSPS) is 14.1. The molecule has 2 heterocycles. The number of aromatic nitrogens is 1. The monoisotopic (exact) mass is 546 g/mol. The summed E-state index contributed by atoms with van der Waals surface area (Å²) in [6.45, 7) is 5.96. The number of nitrogens with two attached hydrogens (primary N) is 1. The van der Waals surface area contributed by atoms with Gasteiger partial charge in [0.15, 0.2) is 5.96 Å². The molecule has 168 valence electrons. The summed E-state index contributed by atoms with van der Waals surface area (Å²) in [4.78, 5) is 13.5. The molecule has 0 saturated carbocycles. The highest BCUT2D eigenvalue weighted by Crippen LogP contribution is 2.20. The van der Waals surface area contributed by atoms with E-state index in [2.05, 4.69) is 31.2 Å². The topological polar surface area (TPSA) is 69.8 Å². The fourth-order valence-corrected chi connectivity index (χ4v) is 3.66. The van der Waals surface area contributed by atoms with Crippen LogP contribution < -0.4 is 20.9 Å². The number of pyridine rings is 1. The van der Waals surface area contributed by atoms with E-state index in [9.17, 15) is 4.39 Å². The number of anilines is 3. The molecule has 1 aliphatic rings. The Hall–Kier alpha value is -2.88. The molecule has 1 aliphatic heterocycles. The molecule has 0 unspecified atom stereocenters. The molecule has 0 atom stereocenters. The molecule has 4 rings (SSSR count). The van der Waals surface area contributed by atoms with Gasteiger partial charge < -0.3 is 20.9 Å². The quantitative estimate of drug-likeness (QED) is 0.282. The van der Waals surface area contributed by atoms with Gasteiger partial charge in [-0.3, -0.25) is 0 Å². The van der Waals surface area contributed by atoms with Crippen LogP contribution in [0.5, 0.6) is 0 Å². The summed E-state index contributed by atoms with van der Waals surface area (Å²) in [6, 6.07) is 18.7. The molecular formula is C24H28FIN6. The number of rotatable bonds is 5. The summed E-state index contributed by atoms with van der Waals surface area (Å²) in [7, 11) is 0. The van der Waals surface area contributed by atoms with Crippen molar-refractivity contribution in [1.29, 1.82) is 0 Å². The van der Waals surface area contributed by atoms with Gasteiger partial charge in [0.2, 0.25) is 0 Å². The van der Waals surface area contributed by atoms with Crippen LogP contribution in [-0.4, -0.2) is 37.1 Å². The molecule has 3 aromatic rings. The van der Waals surface area contributed by atoms with Gasteiger partial charge in [0.1, 0.15) is 11.6 Å². The molecule has 32 heavy (non-hydrogen) atoms. The molecule has 1 saturated heterocycles. The third kappa shape index (κ3) is 6.32. The van der Waals surface area contributed by atoms with Crippen LogP contribution in [-0.2, 0) is 6.54 Å². The molecule has 6 nitrogen and oxygen atoms in total. The molecule has 0 radical (unpaired) electrons. The molecule has 8 heteroatoms. The van der Waals surface area contributed by atoms with E-state index in [1.54, 1.807) is 0 Å². The second-order valence-electron chi connectivity index (χ2n) is 7.67. The summed E-state index contributed by atoms with van der Waals surface area (Å²) < 4.78 is 13.2. The predicted molar refractivity (Wildman–Crippen MR) is 141 cm³/mol. The highest BCUT2D eigenvalue weighted by molar-refractivity contribution is 14.0. The highest BCUT2D eigenvalue weighted by atomic mass is 127. The van der Waals surface area contributed by atoms with E-state index >= 15 is 0 Å². The molecule has 0 spiro atoms. The molecule has 0 aliphatic carbocycles. The van der Waals surface area contributed by atoms with Gasteiger partial charge in [-0.2, -0.15) is 0 Å². The van der Waals surface area contributed by atoms with Gasteiger partial charge >= 0.3 is 0 Å². The average Bonchev–Trinajstić information content (AvgIpc) is 2.79. The summed E-state index contributed by atoms with van der Waals surface area (Å²) in [5.41, 5.74) is 10.2. The minimum absolute atomic E-state index is 0. The fourth-order valence-electron chi connectivity index (χ4n) is 3.66. The average molecular weight is 546 g/mol. The minimum atomic E-state index is -0.208. The molecular weight excluding hydrogens is 518 g/mol. The summed E-state index contributed by atoms with van der Waals surface area (Å²) in [6.07, 6.45) is 1.82. The van der Waals surface area contributed by atoms with Gasteiger partial charge in [-0.25, -0.2) is 14.4 Å². The number of hydrogen-bond acceptors (Lipinski definition) is 4. The predicted octanol–water partition coefficient (Wildman–Crippen LogP) is 4.40. The van der Waals surface area contributed by atoms with E-state index in [-0.39, 0.29) is 29.8 Å². The lowest BCUT2D eigenvalue weighted by atomic mass is 10.2. The largest absolute Gasteiger partial charge is 0.370 e. The van der Waals surface area contributed by atoms with Crippen molar-refractivity contribution in [1.82, 2.24) is 4.98 Å². The lowest BCUT2D eigenvalue weighted by molar-refractivity contribution is 0.624. The maximum atomic E-state index is 13.2. The molecule has 1 aromatic heterocycles. The molecule has 2 aromatic carbocycles. The van der Waals surface area contributed by atoms with Crippen LogP contribution in [0.3, 0.4) is 0 Å². The molecule has 3 N–H and O–H groups in total. The highest BCUT2D eigenvalue weighted by Gasteiger charge is 2.18. The first-order chi connectivity index (χ1) is 15.1. The second-order valence-corrected chi connectivity index (χ2v) is 7.67. The van der Waals surface area contributed by atoms with Gasteiger partial charge in [-0.05, 0) is 66.6 Å². The van der Waals surface area contributed by atoms with Gasteiger partial charge in [-0.1, -0.05) is 12.1 Å². The lowest BCUT2D eigenvalue weighted by Crippen LogP contribution is -2.46. The Morgan fingerprint density at radius 3 is 2.47 bits per heavy atom. The zero-order valence-electron chi connectivity index (χ0n) is 18.0. The van der Waals surface area contributed by atoms with Crippen LogP contribution in [0.1, 0.15) is 11.1 Å². The fraction of sp³-hybridized carbons (Fsp3) is 0.250. The van der Waals surface area contributed by atoms with E-state index in [0.29, 0.717) is 12.5 Å². The van der Waals surface area contributed by atoms with Crippen molar-refractivity contribution in [3.63, 3.8) is 0 Å². The number of halogens is 2. The number of aryl methyl sites for hydroxylation is 1. The van der Waals surface area contributed by atoms with E-state index in [4.69, 9.17) is 5.73 Å². The standard InChI is InChI=1S/C24H27FN6.HI/c1-18-3-2-4-21(15-18)29-24(26)28-17-19-9-10-27-23(16-19)31-13-11-30(12-14-31)22-7-5-20(25)6-8-22;/h2-10,15-16H,11-14,17H2,1H3,(H3,26,28,29);1H. The number of piperazine rings is 1. The number of nitrogens with one attached hydrogen (secondary N) is 1. The van der Waals surface area contributed by atoms with Gasteiger partial charge in [0.25, 0.3) is 0 Å². The summed E-state index contributed by atoms with van der Waals surface area (Å²) in [5.74, 6) is 1.12. The Kier molecular flexibility index (Phi) is 8.26. The van der Waals surface area contributed by atoms with Crippen molar-refractivity contribution in [3.05, 3.63) is 83.8 Å². The first-order valence-electron chi connectivity index (χ1n) is 10.4. The Balaban J connectivity index is 0.00000289. The maximum absolute atomic E-state index is 13.2. The van der Waals surface area contributed by atoms with Gasteiger partial charge in [0.05, 0.1) is 6.54 Å². The van der Waals surface area contributed by atoms with Crippen LogP contribution in [0.2, 0.25) is 0 Å².